The standard InChI is InChI=1S/C23H24ClN3O4S/c1-13(28)27-19-7-8-25-12-18(19)26-17-10-23(2,3)11-20(29)21(17)22(27)15-6-5-14(9-16(15)24)32(4,30)31/h5-9,12,22,26H,10-11H2,1-4H3. The summed E-state index contributed by atoms with van der Waals surface area (Å²) in [6.45, 7) is 5.48. The summed E-state index contributed by atoms with van der Waals surface area (Å²) in [5.41, 5.74) is 2.60. The van der Waals surface area contributed by atoms with Crippen LogP contribution in [0.25, 0.3) is 0 Å². The molecular weight excluding hydrogens is 450 g/mol. The molecule has 1 aromatic heterocycles. The van der Waals surface area contributed by atoms with Crippen LogP contribution in [0.3, 0.4) is 0 Å². The summed E-state index contributed by atoms with van der Waals surface area (Å²) >= 11 is 6.59. The van der Waals surface area contributed by atoms with Gasteiger partial charge in [-0.25, -0.2) is 8.42 Å². The molecule has 0 saturated carbocycles. The molecule has 7 nitrogen and oxygen atoms in total. The van der Waals surface area contributed by atoms with Crippen molar-refractivity contribution in [2.45, 2.75) is 44.6 Å². The van der Waals surface area contributed by atoms with Gasteiger partial charge in [0.2, 0.25) is 5.91 Å². The number of carbonyl (C=O) groups is 2. The van der Waals surface area contributed by atoms with Gasteiger partial charge in [0.05, 0.1) is 28.5 Å². The lowest BCUT2D eigenvalue weighted by atomic mass is 9.73. The molecule has 2 heterocycles. The van der Waals surface area contributed by atoms with Crippen LogP contribution in [-0.2, 0) is 19.4 Å². The van der Waals surface area contributed by atoms with E-state index in [2.05, 4.69) is 10.3 Å². The third kappa shape index (κ3) is 3.93. The highest BCUT2D eigenvalue weighted by Gasteiger charge is 2.43. The summed E-state index contributed by atoms with van der Waals surface area (Å²) < 4.78 is 24.0. The minimum atomic E-state index is -3.47. The highest BCUT2D eigenvalue weighted by atomic mass is 35.5. The third-order valence-electron chi connectivity index (χ3n) is 5.83. The molecule has 0 fully saturated rings. The van der Waals surface area contributed by atoms with E-state index in [4.69, 9.17) is 11.6 Å². The molecule has 9 heteroatoms. The van der Waals surface area contributed by atoms with E-state index >= 15 is 0 Å². The number of sulfone groups is 1. The lowest BCUT2D eigenvalue weighted by Crippen LogP contribution is -2.38. The number of nitrogens with zero attached hydrogens (tertiary/aromatic N) is 2. The van der Waals surface area contributed by atoms with Crippen LogP contribution in [0.15, 0.2) is 52.8 Å². The van der Waals surface area contributed by atoms with Crippen molar-refractivity contribution in [3.05, 3.63) is 58.5 Å². The van der Waals surface area contributed by atoms with Crippen molar-refractivity contribution in [3.8, 4) is 0 Å². The monoisotopic (exact) mass is 473 g/mol. The number of benzene rings is 1. The molecule has 1 atom stereocenters. The molecule has 1 N–H and O–H groups in total. The molecule has 2 aromatic rings. The van der Waals surface area contributed by atoms with Gasteiger partial charge in [0.15, 0.2) is 15.6 Å². The van der Waals surface area contributed by atoms with Gasteiger partial charge in [-0.05, 0) is 35.6 Å². The fraction of sp³-hybridized carbons (Fsp3) is 0.348. The first-order valence-electron chi connectivity index (χ1n) is 10.2. The Balaban J connectivity index is 2.02. The quantitative estimate of drug-likeness (QED) is 0.698. The van der Waals surface area contributed by atoms with Crippen LogP contribution in [0.2, 0.25) is 5.02 Å². The lowest BCUT2D eigenvalue weighted by molar-refractivity contribution is -0.118. The summed E-state index contributed by atoms with van der Waals surface area (Å²) in [6, 6.07) is 5.32. The van der Waals surface area contributed by atoms with E-state index in [9.17, 15) is 18.0 Å². The number of aromatic nitrogens is 1. The molecule has 0 bridgehead atoms. The summed E-state index contributed by atoms with van der Waals surface area (Å²) in [5, 5.41) is 3.52. The highest BCUT2D eigenvalue weighted by Crippen LogP contribution is 2.49. The second-order valence-corrected chi connectivity index (χ2v) is 11.5. The van der Waals surface area contributed by atoms with Crippen molar-refractivity contribution in [2.24, 2.45) is 5.41 Å². The average molecular weight is 474 g/mol. The van der Waals surface area contributed by atoms with Gasteiger partial charge in [-0.2, -0.15) is 0 Å². The molecule has 32 heavy (non-hydrogen) atoms. The van der Waals surface area contributed by atoms with Crippen LogP contribution < -0.4 is 10.2 Å². The van der Waals surface area contributed by atoms with Crippen LogP contribution in [-0.4, -0.2) is 31.3 Å². The zero-order valence-corrected chi connectivity index (χ0v) is 19.8. The Morgan fingerprint density at radius 1 is 1.25 bits per heavy atom. The fourth-order valence-corrected chi connectivity index (χ4v) is 5.49. The maximum atomic E-state index is 13.4. The Kier molecular flexibility index (Phi) is 5.41. The largest absolute Gasteiger partial charge is 0.356 e. The Morgan fingerprint density at radius 3 is 2.59 bits per heavy atom. The first-order chi connectivity index (χ1) is 14.9. The lowest BCUT2D eigenvalue weighted by Gasteiger charge is -2.37. The summed E-state index contributed by atoms with van der Waals surface area (Å²) in [5.74, 6) is -0.358. The van der Waals surface area contributed by atoms with E-state index < -0.39 is 15.9 Å². The molecule has 168 valence electrons. The first-order valence-corrected chi connectivity index (χ1v) is 12.4. The molecule has 1 unspecified atom stereocenters. The van der Waals surface area contributed by atoms with Crippen molar-refractivity contribution < 1.29 is 18.0 Å². The van der Waals surface area contributed by atoms with Crippen molar-refractivity contribution in [1.29, 1.82) is 0 Å². The molecule has 1 aromatic carbocycles. The molecule has 0 radical (unpaired) electrons. The van der Waals surface area contributed by atoms with Crippen LogP contribution in [0, 0.1) is 5.41 Å². The zero-order valence-electron chi connectivity index (χ0n) is 18.3. The molecule has 4 rings (SSSR count). The van der Waals surface area contributed by atoms with Gasteiger partial charge in [-0.1, -0.05) is 31.5 Å². The van der Waals surface area contributed by atoms with E-state index in [0.717, 1.165) is 12.0 Å². The topological polar surface area (TPSA) is 96.4 Å². The number of halogens is 1. The van der Waals surface area contributed by atoms with Crippen LogP contribution in [0.1, 0.15) is 45.2 Å². The number of nitrogens with one attached hydrogen (secondary N) is 1. The van der Waals surface area contributed by atoms with Gasteiger partial charge in [0.1, 0.15) is 0 Å². The SMILES string of the molecule is CC(=O)N1c2ccncc2NC2=C(C(=O)CC(C)(C)C2)C1c1ccc(S(C)(=O)=O)cc1Cl. The van der Waals surface area contributed by atoms with Crippen molar-refractivity contribution in [2.75, 3.05) is 16.5 Å². The molecule has 1 aliphatic heterocycles. The molecule has 0 spiro atoms. The Hall–Kier alpha value is -2.71. The van der Waals surface area contributed by atoms with E-state index in [1.54, 1.807) is 24.5 Å². The van der Waals surface area contributed by atoms with E-state index in [0.29, 0.717) is 35.4 Å². The van der Waals surface area contributed by atoms with E-state index in [-0.39, 0.29) is 27.0 Å². The number of ketones is 1. The van der Waals surface area contributed by atoms with Gasteiger partial charge in [0, 0.05) is 42.1 Å². The number of hydrogen-bond acceptors (Lipinski definition) is 6. The number of anilines is 2. The average Bonchev–Trinajstić information content (AvgIpc) is 2.80. The van der Waals surface area contributed by atoms with Crippen LogP contribution >= 0.6 is 11.6 Å². The Bertz CT molecular complexity index is 1280. The van der Waals surface area contributed by atoms with Gasteiger partial charge in [0.25, 0.3) is 0 Å². The van der Waals surface area contributed by atoms with Crippen molar-refractivity contribution in [1.82, 2.24) is 4.98 Å². The minimum Gasteiger partial charge on any atom is -0.356 e. The van der Waals surface area contributed by atoms with Gasteiger partial charge < -0.3 is 5.32 Å². The number of Topliss-reactive ketones (excluding diaryl/α,β-unsaturated/α-hetero) is 1. The number of amides is 1. The molecule has 0 saturated heterocycles. The predicted molar refractivity (Wildman–Crippen MR) is 123 cm³/mol. The van der Waals surface area contributed by atoms with Crippen molar-refractivity contribution in [3.63, 3.8) is 0 Å². The number of pyridine rings is 1. The predicted octanol–water partition coefficient (Wildman–Crippen LogP) is 4.30. The molecule has 2 aliphatic rings. The second-order valence-electron chi connectivity index (χ2n) is 9.10. The smallest absolute Gasteiger partial charge is 0.224 e. The van der Waals surface area contributed by atoms with Gasteiger partial charge in [-0.3, -0.25) is 19.5 Å². The highest BCUT2D eigenvalue weighted by molar-refractivity contribution is 7.90. The van der Waals surface area contributed by atoms with Crippen LogP contribution in [0.4, 0.5) is 11.4 Å². The Labute approximate surface area is 192 Å². The number of allylic oxidation sites excluding steroid dienone is 1. The number of hydrogen-bond donors (Lipinski definition) is 1. The first kappa shape index (κ1) is 22.5. The number of rotatable bonds is 2. The zero-order chi connectivity index (χ0) is 23.4. The summed E-state index contributed by atoms with van der Waals surface area (Å²) in [6.07, 6.45) is 5.23. The normalized spacial score (nSPS) is 20.2. The minimum absolute atomic E-state index is 0.0716. The molecular formula is C23H24ClN3O4S. The summed E-state index contributed by atoms with van der Waals surface area (Å²) in [4.78, 5) is 32.2. The second kappa shape index (κ2) is 7.71. The number of carbonyl (C=O) groups excluding carboxylic acids is 2. The van der Waals surface area contributed by atoms with E-state index in [1.165, 1.54) is 24.0 Å². The van der Waals surface area contributed by atoms with Crippen LogP contribution in [0.5, 0.6) is 0 Å². The fourth-order valence-electron chi connectivity index (χ4n) is 4.49. The van der Waals surface area contributed by atoms with Gasteiger partial charge >= 0.3 is 0 Å². The van der Waals surface area contributed by atoms with E-state index in [1.807, 2.05) is 13.8 Å². The summed E-state index contributed by atoms with van der Waals surface area (Å²) in [7, 11) is -3.47. The Morgan fingerprint density at radius 2 is 1.97 bits per heavy atom. The number of fused-ring (bicyclic) bond motifs is 1. The third-order valence-corrected chi connectivity index (χ3v) is 7.27. The molecule has 1 aliphatic carbocycles. The van der Waals surface area contributed by atoms with Gasteiger partial charge in [-0.15, -0.1) is 0 Å². The van der Waals surface area contributed by atoms with Crippen molar-refractivity contribution >= 4 is 44.5 Å². The maximum absolute atomic E-state index is 13.4. The molecule has 1 amide bonds. The maximum Gasteiger partial charge on any atom is 0.224 e.